The fraction of sp³-hybridized carbons (Fsp3) is 0.400. The van der Waals surface area contributed by atoms with Gasteiger partial charge >= 0.3 is 0 Å². The highest BCUT2D eigenvalue weighted by Gasteiger charge is 2.20. The number of nitro groups is 1. The first-order chi connectivity index (χ1) is 9.27. The van der Waals surface area contributed by atoms with Crippen molar-refractivity contribution < 1.29 is 13.3 Å². The second kappa shape index (κ2) is 6.61. The summed E-state index contributed by atoms with van der Waals surface area (Å²) in [4.78, 5) is 11.8. The molecule has 0 unspecified atom stereocenters. The smallest absolute Gasteiger partial charge is 0.294 e. The number of nitro benzene ring substituents is 1. The number of nitrogen functional groups attached to an aromatic ring is 1. The Balaban J connectivity index is 3.01. The number of sulfonamides is 1. The predicted molar refractivity (Wildman–Crippen MR) is 74.6 cm³/mol. The van der Waals surface area contributed by atoms with E-state index in [0.717, 1.165) is 6.07 Å². The zero-order valence-corrected chi connectivity index (χ0v) is 12.0. The molecular weight excluding hydrogens is 286 g/mol. The van der Waals surface area contributed by atoms with Gasteiger partial charge in [0.1, 0.15) is 5.69 Å². The van der Waals surface area contributed by atoms with Crippen LogP contribution in [0.5, 0.6) is 0 Å². The maximum absolute atomic E-state index is 12.0. The number of nitrogens with one attached hydrogen (secondary N) is 2. The quantitative estimate of drug-likeness (QED) is 0.358. The lowest BCUT2D eigenvalue weighted by Gasteiger charge is -2.11. The number of benzene rings is 1. The molecular formula is C10H17N5O4S. The number of rotatable bonds is 7. The fourth-order valence-electron chi connectivity index (χ4n) is 1.44. The first-order valence-electron chi connectivity index (χ1n) is 5.67. The molecule has 0 aliphatic carbocycles. The highest BCUT2D eigenvalue weighted by molar-refractivity contribution is 7.89. The Morgan fingerprint density at radius 3 is 2.55 bits per heavy atom. The number of nitrogens with two attached hydrogens (primary N) is 1. The molecule has 0 amide bonds. The van der Waals surface area contributed by atoms with Gasteiger partial charge in [0.15, 0.2) is 0 Å². The van der Waals surface area contributed by atoms with Crippen LogP contribution in [0.4, 0.5) is 11.4 Å². The average Bonchev–Trinajstić information content (AvgIpc) is 2.37. The van der Waals surface area contributed by atoms with E-state index in [9.17, 15) is 18.5 Å². The fourth-order valence-corrected chi connectivity index (χ4v) is 2.48. The van der Waals surface area contributed by atoms with Crippen LogP contribution in [0.25, 0.3) is 0 Å². The highest BCUT2D eigenvalue weighted by Crippen LogP contribution is 2.26. The minimum atomic E-state index is -3.79. The molecule has 0 saturated carbocycles. The zero-order chi connectivity index (χ0) is 15.3. The number of hydrazine groups is 1. The van der Waals surface area contributed by atoms with Gasteiger partial charge in [0.05, 0.1) is 9.82 Å². The van der Waals surface area contributed by atoms with E-state index in [1.807, 2.05) is 4.90 Å². The number of hydrogen-bond donors (Lipinski definition) is 3. The van der Waals surface area contributed by atoms with Crippen molar-refractivity contribution in [1.82, 2.24) is 9.62 Å². The first-order valence-corrected chi connectivity index (χ1v) is 7.15. The van der Waals surface area contributed by atoms with Gasteiger partial charge in [-0.3, -0.25) is 16.0 Å². The number of anilines is 1. The van der Waals surface area contributed by atoms with Crippen LogP contribution in [-0.2, 0) is 10.0 Å². The molecule has 0 aliphatic rings. The van der Waals surface area contributed by atoms with Crippen molar-refractivity contribution in [3.05, 3.63) is 28.3 Å². The van der Waals surface area contributed by atoms with E-state index in [4.69, 9.17) is 5.84 Å². The number of nitrogens with zero attached hydrogens (tertiary/aromatic N) is 2. The Bertz CT molecular complexity index is 587. The molecule has 1 rings (SSSR count). The molecule has 1 aromatic carbocycles. The Labute approximate surface area is 116 Å². The molecule has 0 atom stereocenters. The number of hydrogen-bond acceptors (Lipinski definition) is 7. The third-order valence-corrected chi connectivity index (χ3v) is 3.94. The summed E-state index contributed by atoms with van der Waals surface area (Å²) in [5.74, 6) is 5.14. The molecule has 9 nitrogen and oxygen atoms in total. The van der Waals surface area contributed by atoms with E-state index >= 15 is 0 Å². The van der Waals surface area contributed by atoms with Crippen LogP contribution < -0.4 is 16.0 Å². The van der Waals surface area contributed by atoms with Gasteiger partial charge in [0.25, 0.3) is 5.69 Å². The van der Waals surface area contributed by atoms with Gasteiger partial charge in [-0.25, -0.2) is 13.1 Å². The van der Waals surface area contributed by atoms with E-state index in [1.54, 1.807) is 14.1 Å². The van der Waals surface area contributed by atoms with Crippen LogP contribution in [0.15, 0.2) is 23.1 Å². The van der Waals surface area contributed by atoms with Crippen molar-refractivity contribution in [3.63, 3.8) is 0 Å². The Kier molecular flexibility index (Phi) is 5.39. The van der Waals surface area contributed by atoms with Crippen LogP contribution in [0, 0.1) is 10.1 Å². The molecule has 0 aliphatic heterocycles. The summed E-state index contributed by atoms with van der Waals surface area (Å²) in [6.45, 7) is 0.726. The van der Waals surface area contributed by atoms with Crippen molar-refractivity contribution in [1.29, 1.82) is 0 Å². The molecule has 0 bridgehead atoms. The molecule has 0 saturated heterocycles. The van der Waals surface area contributed by atoms with Crippen molar-refractivity contribution in [2.45, 2.75) is 4.90 Å². The molecule has 0 aromatic heterocycles. The second-order valence-electron chi connectivity index (χ2n) is 4.28. The van der Waals surface area contributed by atoms with E-state index in [-0.39, 0.29) is 17.1 Å². The first kappa shape index (κ1) is 16.3. The summed E-state index contributed by atoms with van der Waals surface area (Å²) in [6.07, 6.45) is 0. The van der Waals surface area contributed by atoms with E-state index in [2.05, 4.69) is 10.1 Å². The molecule has 20 heavy (non-hydrogen) atoms. The summed E-state index contributed by atoms with van der Waals surface area (Å²) < 4.78 is 26.3. The summed E-state index contributed by atoms with van der Waals surface area (Å²) in [5, 5.41) is 10.9. The molecule has 0 heterocycles. The minimum Gasteiger partial charge on any atom is -0.318 e. The van der Waals surface area contributed by atoms with Gasteiger partial charge < -0.3 is 10.3 Å². The minimum absolute atomic E-state index is 0.0437. The SMILES string of the molecule is CN(C)CCNS(=O)(=O)c1ccc(NN)c([N+](=O)[O-])c1. The van der Waals surface area contributed by atoms with Crippen molar-refractivity contribution in [2.75, 3.05) is 32.6 Å². The summed E-state index contributed by atoms with van der Waals surface area (Å²) in [6, 6.07) is 3.46. The van der Waals surface area contributed by atoms with E-state index in [0.29, 0.717) is 6.54 Å². The Morgan fingerprint density at radius 2 is 2.05 bits per heavy atom. The molecule has 1 aromatic rings. The maximum Gasteiger partial charge on any atom is 0.294 e. The lowest BCUT2D eigenvalue weighted by atomic mass is 10.3. The van der Waals surface area contributed by atoms with Gasteiger partial charge in [-0.1, -0.05) is 0 Å². The van der Waals surface area contributed by atoms with Crippen molar-refractivity contribution in [3.8, 4) is 0 Å². The lowest BCUT2D eigenvalue weighted by molar-refractivity contribution is -0.384. The lowest BCUT2D eigenvalue weighted by Crippen LogP contribution is -2.31. The van der Waals surface area contributed by atoms with Gasteiger partial charge in [-0.05, 0) is 26.2 Å². The van der Waals surface area contributed by atoms with Crippen LogP contribution >= 0.6 is 0 Å². The largest absolute Gasteiger partial charge is 0.318 e. The third kappa shape index (κ3) is 4.13. The normalized spacial score (nSPS) is 11.6. The van der Waals surface area contributed by atoms with E-state index < -0.39 is 20.6 Å². The van der Waals surface area contributed by atoms with Crippen LogP contribution in [0.3, 0.4) is 0 Å². The highest BCUT2D eigenvalue weighted by atomic mass is 32.2. The zero-order valence-electron chi connectivity index (χ0n) is 11.2. The van der Waals surface area contributed by atoms with Crippen molar-refractivity contribution >= 4 is 21.4 Å². The molecule has 4 N–H and O–H groups in total. The van der Waals surface area contributed by atoms with E-state index in [1.165, 1.54) is 12.1 Å². The molecule has 112 valence electrons. The third-order valence-electron chi connectivity index (χ3n) is 2.48. The second-order valence-corrected chi connectivity index (χ2v) is 6.05. The number of likely N-dealkylation sites (N-methyl/N-ethyl adjacent to an activating group) is 1. The Morgan fingerprint density at radius 1 is 1.40 bits per heavy atom. The van der Waals surface area contributed by atoms with Gasteiger partial charge in [-0.15, -0.1) is 0 Å². The monoisotopic (exact) mass is 303 g/mol. The summed E-state index contributed by atoms with van der Waals surface area (Å²) >= 11 is 0. The maximum atomic E-state index is 12.0. The Hall–Kier alpha value is -1.75. The summed E-state index contributed by atoms with van der Waals surface area (Å²) in [7, 11) is -0.174. The van der Waals surface area contributed by atoms with Crippen LogP contribution in [0.2, 0.25) is 0 Å². The van der Waals surface area contributed by atoms with Crippen LogP contribution in [-0.4, -0.2) is 45.4 Å². The predicted octanol–water partition coefficient (Wildman–Crippen LogP) is -0.280. The summed E-state index contributed by atoms with van der Waals surface area (Å²) in [5.41, 5.74) is 1.79. The topological polar surface area (TPSA) is 131 Å². The average molecular weight is 303 g/mol. The molecule has 0 spiro atoms. The van der Waals surface area contributed by atoms with Crippen LogP contribution in [0.1, 0.15) is 0 Å². The standard InChI is InChI=1S/C10H17N5O4S/c1-14(2)6-5-12-20(18,19)8-3-4-9(13-11)10(7-8)15(16)17/h3-4,7,12-13H,5-6,11H2,1-2H3. The van der Waals surface area contributed by atoms with Crippen molar-refractivity contribution in [2.24, 2.45) is 5.84 Å². The molecule has 10 heteroatoms. The van der Waals surface area contributed by atoms with Gasteiger partial charge in [0, 0.05) is 19.2 Å². The van der Waals surface area contributed by atoms with Gasteiger partial charge in [-0.2, -0.15) is 0 Å². The van der Waals surface area contributed by atoms with Gasteiger partial charge in [0.2, 0.25) is 10.0 Å². The molecule has 0 radical (unpaired) electrons. The molecule has 0 fully saturated rings.